The normalized spacial score (nSPS) is 12.0. The van der Waals surface area contributed by atoms with Gasteiger partial charge in [-0.05, 0) is 36.9 Å². The van der Waals surface area contributed by atoms with Gasteiger partial charge in [-0.25, -0.2) is 0 Å². The van der Waals surface area contributed by atoms with Crippen LogP contribution in [0.25, 0.3) is 0 Å². The number of thioether (sulfide) groups is 1. The summed E-state index contributed by atoms with van der Waals surface area (Å²) in [6, 6.07) is 15.4. The number of nitriles is 1. The second-order valence-corrected chi connectivity index (χ2v) is 6.87. The minimum absolute atomic E-state index is 0.0988. The summed E-state index contributed by atoms with van der Waals surface area (Å²) in [6.07, 6.45) is 0. The van der Waals surface area contributed by atoms with E-state index in [-0.39, 0.29) is 19.2 Å². The van der Waals surface area contributed by atoms with Crippen LogP contribution in [0, 0.1) is 11.3 Å². The van der Waals surface area contributed by atoms with Crippen molar-refractivity contribution in [3.8, 4) is 17.6 Å². The topological polar surface area (TPSA) is 74.6 Å². The zero-order valence-corrected chi connectivity index (χ0v) is 15.2. The average molecular weight is 369 g/mol. The zero-order valence-electron chi connectivity index (χ0n) is 14.4. The number of nitrogens with zero attached hydrogens (tertiary/aromatic N) is 2. The molecule has 7 heteroatoms. The number of rotatable bonds is 7. The molecule has 1 heterocycles. The summed E-state index contributed by atoms with van der Waals surface area (Å²) in [5.41, 5.74) is 1.78. The summed E-state index contributed by atoms with van der Waals surface area (Å²) < 4.78 is 10.7. The van der Waals surface area contributed by atoms with Gasteiger partial charge in [-0.3, -0.25) is 9.69 Å². The van der Waals surface area contributed by atoms with Gasteiger partial charge in [0.25, 0.3) is 0 Å². The molecule has 0 fully saturated rings. The van der Waals surface area contributed by atoms with E-state index >= 15 is 0 Å². The number of nitrogens with one attached hydrogen (secondary N) is 1. The van der Waals surface area contributed by atoms with E-state index in [4.69, 9.17) is 14.7 Å². The lowest BCUT2D eigenvalue weighted by molar-refractivity contribution is -0.117. The Hall–Kier alpha value is -2.69. The van der Waals surface area contributed by atoms with Crippen molar-refractivity contribution in [2.75, 3.05) is 31.5 Å². The van der Waals surface area contributed by atoms with Gasteiger partial charge < -0.3 is 14.8 Å². The van der Waals surface area contributed by atoms with Crippen LogP contribution in [0.1, 0.15) is 5.56 Å². The van der Waals surface area contributed by atoms with Crippen LogP contribution in [0.15, 0.2) is 47.4 Å². The third kappa shape index (κ3) is 4.69. The lowest BCUT2D eigenvalue weighted by Crippen LogP contribution is -2.30. The molecule has 6 nitrogen and oxygen atoms in total. The Balaban J connectivity index is 1.56. The molecule has 134 valence electrons. The number of ether oxygens (including phenoxy) is 2. The van der Waals surface area contributed by atoms with Crippen LogP contribution in [0.5, 0.6) is 11.5 Å². The summed E-state index contributed by atoms with van der Waals surface area (Å²) in [5, 5.41) is 11.7. The Morgan fingerprint density at radius 2 is 2.08 bits per heavy atom. The van der Waals surface area contributed by atoms with E-state index in [1.807, 2.05) is 54.4 Å². The second kappa shape index (κ2) is 8.61. The molecule has 0 atom stereocenters. The summed E-state index contributed by atoms with van der Waals surface area (Å²) in [6.45, 7) is 1.13. The maximum atomic E-state index is 12.4. The van der Waals surface area contributed by atoms with Crippen molar-refractivity contribution in [2.45, 2.75) is 11.4 Å². The molecule has 0 aliphatic carbocycles. The minimum atomic E-state index is -0.0988. The van der Waals surface area contributed by atoms with Crippen molar-refractivity contribution in [3.05, 3.63) is 48.0 Å². The van der Waals surface area contributed by atoms with E-state index in [2.05, 4.69) is 11.4 Å². The Labute approximate surface area is 156 Å². The number of likely N-dealkylation sites (N-methyl/N-ethyl adjacent to an activating group) is 1. The van der Waals surface area contributed by atoms with E-state index in [0.29, 0.717) is 12.3 Å². The first-order chi connectivity index (χ1) is 12.7. The quantitative estimate of drug-likeness (QED) is 0.756. The predicted octanol–water partition coefficient (Wildman–Crippen LogP) is 3.10. The maximum Gasteiger partial charge on any atom is 0.238 e. The van der Waals surface area contributed by atoms with Gasteiger partial charge in [0.15, 0.2) is 11.5 Å². The molecule has 1 aliphatic rings. The van der Waals surface area contributed by atoms with Gasteiger partial charge in [-0.15, -0.1) is 11.8 Å². The number of benzene rings is 2. The monoisotopic (exact) mass is 369 g/mol. The predicted molar refractivity (Wildman–Crippen MR) is 100 cm³/mol. The van der Waals surface area contributed by atoms with Gasteiger partial charge in [-0.2, -0.15) is 5.26 Å². The molecule has 0 saturated carbocycles. The van der Waals surface area contributed by atoms with E-state index in [9.17, 15) is 4.79 Å². The molecule has 26 heavy (non-hydrogen) atoms. The Kier molecular flexibility index (Phi) is 6.00. The third-order valence-corrected chi connectivity index (χ3v) is 4.70. The first kappa shape index (κ1) is 18.1. The fraction of sp³-hybridized carbons (Fsp3) is 0.263. The highest BCUT2D eigenvalue weighted by molar-refractivity contribution is 7.99. The number of carbonyl (C=O) groups excluding carboxylic acids is 1. The largest absolute Gasteiger partial charge is 0.454 e. The fourth-order valence-corrected chi connectivity index (χ4v) is 3.32. The highest BCUT2D eigenvalue weighted by Gasteiger charge is 2.15. The Bertz CT molecular complexity index is 835. The van der Waals surface area contributed by atoms with Crippen LogP contribution >= 0.6 is 11.8 Å². The number of fused-ring (bicyclic) bond motifs is 1. The van der Waals surface area contributed by atoms with Crippen LogP contribution < -0.4 is 14.8 Å². The number of anilines is 1. The molecule has 2 aromatic carbocycles. The van der Waals surface area contributed by atoms with Crippen molar-refractivity contribution in [1.82, 2.24) is 4.90 Å². The van der Waals surface area contributed by atoms with Crippen LogP contribution in [0.2, 0.25) is 0 Å². The van der Waals surface area contributed by atoms with Gasteiger partial charge >= 0.3 is 0 Å². The zero-order chi connectivity index (χ0) is 18.4. The molecule has 0 saturated heterocycles. The Morgan fingerprint density at radius 1 is 1.27 bits per heavy atom. The molecule has 0 aromatic heterocycles. The standard InChI is InChI=1S/C19H19N3O3S/c1-22(11-14-6-7-16-17(10-14)25-13-24-16)12-19(23)21-15-4-2-3-5-18(15)26-9-8-20/h2-7,10H,9,11-13H2,1H3,(H,21,23). The van der Waals surface area contributed by atoms with E-state index in [0.717, 1.165) is 27.6 Å². The number of hydrogen-bond acceptors (Lipinski definition) is 6. The number of hydrogen-bond donors (Lipinski definition) is 1. The van der Waals surface area contributed by atoms with Gasteiger partial charge in [0, 0.05) is 11.4 Å². The molecule has 1 amide bonds. The van der Waals surface area contributed by atoms with Crippen molar-refractivity contribution in [3.63, 3.8) is 0 Å². The second-order valence-electron chi connectivity index (χ2n) is 5.85. The molecule has 0 unspecified atom stereocenters. The minimum Gasteiger partial charge on any atom is -0.454 e. The van der Waals surface area contributed by atoms with Crippen molar-refractivity contribution >= 4 is 23.4 Å². The van der Waals surface area contributed by atoms with Crippen LogP contribution in [0.4, 0.5) is 5.69 Å². The number of carbonyl (C=O) groups is 1. The van der Waals surface area contributed by atoms with Gasteiger partial charge in [0.1, 0.15) is 0 Å². The molecule has 0 radical (unpaired) electrons. The van der Waals surface area contributed by atoms with Crippen LogP contribution in [-0.2, 0) is 11.3 Å². The summed E-state index contributed by atoms with van der Waals surface area (Å²) in [7, 11) is 1.89. The highest BCUT2D eigenvalue weighted by atomic mass is 32.2. The number of para-hydroxylation sites is 1. The molecule has 0 spiro atoms. The summed E-state index contributed by atoms with van der Waals surface area (Å²) in [5.74, 6) is 1.74. The van der Waals surface area contributed by atoms with Crippen molar-refractivity contribution in [2.24, 2.45) is 0 Å². The van der Waals surface area contributed by atoms with E-state index < -0.39 is 0 Å². The Morgan fingerprint density at radius 3 is 2.92 bits per heavy atom. The van der Waals surface area contributed by atoms with Gasteiger partial charge in [0.2, 0.25) is 12.7 Å². The SMILES string of the molecule is CN(CC(=O)Nc1ccccc1SCC#N)Cc1ccc2c(c1)OCO2. The van der Waals surface area contributed by atoms with Crippen LogP contribution in [-0.4, -0.2) is 36.9 Å². The first-order valence-corrected chi connectivity index (χ1v) is 9.10. The first-order valence-electron chi connectivity index (χ1n) is 8.11. The average Bonchev–Trinajstić information content (AvgIpc) is 3.08. The molecule has 0 bridgehead atoms. The van der Waals surface area contributed by atoms with Gasteiger partial charge in [0.05, 0.1) is 24.1 Å². The molecule has 1 aliphatic heterocycles. The maximum absolute atomic E-state index is 12.4. The van der Waals surface area contributed by atoms with Crippen LogP contribution in [0.3, 0.4) is 0 Å². The van der Waals surface area contributed by atoms with Crippen molar-refractivity contribution < 1.29 is 14.3 Å². The number of amides is 1. The molecular weight excluding hydrogens is 350 g/mol. The lowest BCUT2D eigenvalue weighted by Gasteiger charge is -2.17. The summed E-state index contributed by atoms with van der Waals surface area (Å²) >= 11 is 1.41. The summed E-state index contributed by atoms with van der Waals surface area (Å²) in [4.78, 5) is 15.2. The molecule has 1 N–H and O–H groups in total. The smallest absolute Gasteiger partial charge is 0.238 e. The fourth-order valence-electron chi connectivity index (χ4n) is 2.65. The van der Waals surface area contributed by atoms with Gasteiger partial charge in [-0.1, -0.05) is 18.2 Å². The van der Waals surface area contributed by atoms with E-state index in [1.54, 1.807) is 0 Å². The molecule has 3 rings (SSSR count). The molecule has 2 aromatic rings. The lowest BCUT2D eigenvalue weighted by atomic mass is 10.2. The van der Waals surface area contributed by atoms with E-state index in [1.165, 1.54) is 11.8 Å². The van der Waals surface area contributed by atoms with Crippen molar-refractivity contribution in [1.29, 1.82) is 5.26 Å². The molecular formula is C19H19N3O3S. The third-order valence-electron chi connectivity index (χ3n) is 3.76. The highest BCUT2D eigenvalue weighted by Crippen LogP contribution is 2.32.